The Hall–Kier alpha value is -3.91. The number of rotatable bonds is 5. The van der Waals surface area contributed by atoms with Gasteiger partial charge in [0, 0.05) is 29.2 Å². The predicted molar refractivity (Wildman–Crippen MR) is 130 cm³/mol. The summed E-state index contributed by atoms with van der Waals surface area (Å²) in [5, 5.41) is 11.7. The molecule has 32 heavy (non-hydrogen) atoms. The van der Waals surface area contributed by atoms with Crippen LogP contribution < -0.4 is 0 Å². The second-order valence-corrected chi connectivity index (χ2v) is 7.46. The molecule has 8 heteroatoms. The summed E-state index contributed by atoms with van der Waals surface area (Å²) < 4.78 is 0. The SMILES string of the molecule is C=C/C=C(/c1ccsc1)c1nc(-c2n[nH]c3ccc(-c4cncnc4)nc23)[nH]c1C.CC. The Morgan fingerprint density at radius 1 is 1.09 bits per heavy atom. The first-order chi connectivity index (χ1) is 15.7. The van der Waals surface area contributed by atoms with E-state index >= 15 is 0 Å². The van der Waals surface area contributed by atoms with Crippen molar-refractivity contribution in [1.29, 1.82) is 0 Å². The largest absolute Gasteiger partial charge is 0.340 e. The summed E-state index contributed by atoms with van der Waals surface area (Å²) in [6, 6.07) is 5.95. The van der Waals surface area contributed by atoms with Gasteiger partial charge in [-0.1, -0.05) is 32.6 Å². The van der Waals surface area contributed by atoms with E-state index in [1.807, 2.05) is 39.0 Å². The van der Waals surface area contributed by atoms with Crippen molar-refractivity contribution in [2.45, 2.75) is 20.8 Å². The molecule has 0 saturated heterocycles. The lowest BCUT2D eigenvalue weighted by molar-refractivity contribution is 1.10. The molecule has 0 atom stereocenters. The van der Waals surface area contributed by atoms with Crippen molar-refractivity contribution in [2.75, 3.05) is 0 Å². The van der Waals surface area contributed by atoms with Crippen molar-refractivity contribution in [3.05, 3.63) is 83.4 Å². The molecule has 7 nitrogen and oxygen atoms in total. The summed E-state index contributed by atoms with van der Waals surface area (Å²) in [7, 11) is 0. The number of hydrogen-bond acceptors (Lipinski definition) is 6. The van der Waals surface area contributed by atoms with Crippen LogP contribution in [0.1, 0.15) is 30.8 Å². The lowest BCUT2D eigenvalue weighted by atomic mass is 10.0. The van der Waals surface area contributed by atoms with Crippen molar-refractivity contribution in [1.82, 2.24) is 35.1 Å². The highest BCUT2D eigenvalue weighted by atomic mass is 32.1. The molecule has 5 aromatic heterocycles. The van der Waals surface area contributed by atoms with Crippen LogP contribution in [0.3, 0.4) is 0 Å². The van der Waals surface area contributed by atoms with Crippen molar-refractivity contribution in [3.63, 3.8) is 0 Å². The fraction of sp³-hybridized carbons (Fsp3) is 0.125. The summed E-state index contributed by atoms with van der Waals surface area (Å²) in [5.41, 5.74) is 7.80. The second kappa shape index (κ2) is 9.49. The van der Waals surface area contributed by atoms with E-state index in [2.05, 4.69) is 48.6 Å². The number of H-pyrrole nitrogens is 2. The molecular formula is C24H23N7S. The van der Waals surface area contributed by atoms with E-state index in [4.69, 9.17) is 9.97 Å². The first-order valence-electron chi connectivity index (χ1n) is 10.3. The Morgan fingerprint density at radius 3 is 2.62 bits per heavy atom. The zero-order valence-corrected chi connectivity index (χ0v) is 18.9. The molecule has 0 saturated carbocycles. The Kier molecular flexibility index (Phi) is 6.32. The van der Waals surface area contributed by atoms with Gasteiger partial charge in [0.2, 0.25) is 0 Å². The minimum Gasteiger partial charge on any atom is -0.340 e. The number of allylic oxidation sites excluding steroid dienone is 2. The third kappa shape index (κ3) is 4.00. The lowest BCUT2D eigenvalue weighted by Crippen LogP contribution is -1.90. The maximum Gasteiger partial charge on any atom is 0.161 e. The number of pyridine rings is 1. The maximum absolute atomic E-state index is 4.87. The molecule has 0 radical (unpaired) electrons. The van der Waals surface area contributed by atoms with Crippen LogP contribution in [-0.2, 0) is 0 Å². The Labute approximate surface area is 190 Å². The number of hydrogen-bond donors (Lipinski definition) is 2. The van der Waals surface area contributed by atoms with Crippen LogP contribution in [0.25, 0.3) is 39.4 Å². The van der Waals surface area contributed by atoms with Crippen molar-refractivity contribution in [2.24, 2.45) is 0 Å². The third-order valence-electron chi connectivity index (χ3n) is 4.74. The summed E-state index contributed by atoms with van der Waals surface area (Å²) >= 11 is 1.65. The van der Waals surface area contributed by atoms with Gasteiger partial charge in [-0.2, -0.15) is 16.4 Å². The van der Waals surface area contributed by atoms with Crippen molar-refractivity contribution in [3.8, 4) is 22.8 Å². The smallest absolute Gasteiger partial charge is 0.161 e. The topological polar surface area (TPSA) is 96.0 Å². The number of nitrogens with one attached hydrogen (secondary N) is 2. The molecule has 0 bridgehead atoms. The quantitative estimate of drug-likeness (QED) is 0.335. The highest BCUT2D eigenvalue weighted by Crippen LogP contribution is 2.31. The average Bonchev–Trinajstić information content (AvgIpc) is 3.59. The molecule has 0 aliphatic heterocycles. The van der Waals surface area contributed by atoms with Gasteiger partial charge in [0.25, 0.3) is 0 Å². The number of fused-ring (bicyclic) bond motifs is 1. The number of nitrogens with zero attached hydrogens (tertiary/aromatic N) is 5. The van der Waals surface area contributed by atoms with Crippen LogP contribution in [-0.4, -0.2) is 35.1 Å². The Balaban J connectivity index is 0.00000119. The summed E-state index contributed by atoms with van der Waals surface area (Å²) in [4.78, 5) is 21.2. The highest BCUT2D eigenvalue weighted by molar-refractivity contribution is 7.08. The van der Waals surface area contributed by atoms with E-state index < -0.39 is 0 Å². The first-order valence-corrected chi connectivity index (χ1v) is 11.2. The van der Waals surface area contributed by atoms with E-state index in [1.165, 1.54) is 6.33 Å². The summed E-state index contributed by atoms with van der Waals surface area (Å²) in [6.45, 7) is 9.86. The standard InChI is InChI=1S/C22H17N7S.C2H6/c1-3-4-16(14-7-8-30-11-14)19-13(2)25-22(27-19)21-20-18(28-29-21)6-5-17(26-20)15-9-23-12-24-10-15;1-2/h3-12H,1H2,2H3,(H,25,27)(H,28,29);1-2H3/b16-4-;. The van der Waals surface area contributed by atoms with E-state index in [9.17, 15) is 0 Å². The minimum absolute atomic E-state index is 0.660. The molecule has 5 aromatic rings. The van der Waals surface area contributed by atoms with Gasteiger partial charge in [-0.15, -0.1) is 0 Å². The van der Waals surface area contributed by atoms with Crippen LogP contribution >= 0.6 is 11.3 Å². The van der Waals surface area contributed by atoms with Gasteiger partial charge in [-0.25, -0.2) is 19.9 Å². The van der Waals surface area contributed by atoms with Crippen LogP contribution in [0.2, 0.25) is 0 Å². The van der Waals surface area contributed by atoms with Gasteiger partial charge in [0.05, 0.1) is 16.9 Å². The predicted octanol–water partition coefficient (Wildman–Crippen LogP) is 5.82. The Bertz CT molecular complexity index is 1360. The number of imidazole rings is 1. The van der Waals surface area contributed by atoms with Crippen LogP contribution in [0.5, 0.6) is 0 Å². The van der Waals surface area contributed by atoms with Gasteiger partial charge in [0.15, 0.2) is 11.5 Å². The van der Waals surface area contributed by atoms with Gasteiger partial charge in [-0.3, -0.25) is 5.10 Å². The summed E-state index contributed by atoms with van der Waals surface area (Å²) in [6.07, 6.45) is 8.73. The molecular weight excluding hydrogens is 418 g/mol. The zero-order chi connectivity index (χ0) is 22.5. The van der Waals surface area contributed by atoms with Crippen LogP contribution in [0, 0.1) is 6.92 Å². The van der Waals surface area contributed by atoms with Crippen LogP contribution in [0.15, 0.2) is 66.4 Å². The van der Waals surface area contributed by atoms with E-state index in [0.717, 1.165) is 44.8 Å². The molecule has 0 fully saturated rings. The van der Waals surface area contributed by atoms with Crippen molar-refractivity contribution >= 4 is 27.9 Å². The van der Waals surface area contributed by atoms with E-state index in [-0.39, 0.29) is 0 Å². The molecule has 2 N–H and O–H groups in total. The minimum atomic E-state index is 0.660. The van der Waals surface area contributed by atoms with E-state index in [0.29, 0.717) is 11.5 Å². The number of aromatic nitrogens is 7. The van der Waals surface area contributed by atoms with Gasteiger partial charge < -0.3 is 4.98 Å². The lowest BCUT2D eigenvalue weighted by Gasteiger charge is -2.02. The molecule has 5 rings (SSSR count). The van der Waals surface area contributed by atoms with Gasteiger partial charge in [-0.05, 0) is 41.4 Å². The highest BCUT2D eigenvalue weighted by Gasteiger charge is 2.19. The number of thiophene rings is 1. The first kappa shape index (κ1) is 21.3. The fourth-order valence-electron chi connectivity index (χ4n) is 3.34. The van der Waals surface area contributed by atoms with Crippen molar-refractivity contribution < 1.29 is 0 Å². The molecule has 0 amide bonds. The van der Waals surface area contributed by atoms with E-state index in [1.54, 1.807) is 29.8 Å². The zero-order valence-electron chi connectivity index (χ0n) is 18.1. The molecule has 5 heterocycles. The normalized spacial score (nSPS) is 11.3. The molecule has 0 aromatic carbocycles. The third-order valence-corrected chi connectivity index (χ3v) is 5.43. The molecule has 0 unspecified atom stereocenters. The maximum atomic E-state index is 4.87. The fourth-order valence-corrected chi connectivity index (χ4v) is 3.99. The molecule has 0 spiro atoms. The van der Waals surface area contributed by atoms with Crippen LogP contribution in [0.4, 0.5) is 0 Å². The van der Waals surface area contributed by atoms with Gasteiger partial charge in [0.1, 0.15) is 11.8 Å². The average molecular weight is 442 g/mol. The molecule has 160 valence electrons. The summed E-state index contributed by atoms with van der Waals surface area (Å²) in [5.74, 6) is 0.660. The van der Waals surface area contributed by atoms with Gasteiger partial charge >= 0.3 is 0 Å². The molecule has 0 aliphatic carbocycles. The second-order valence-electron chi connectivity index (χ2n) is 6.68. The molecule has 0 aliphatic rings. The number of aryl methyl sites for hydroxylation is 1. The number of aromatic amines is 2. The monoisotopic (exact) mass is 441 g/mol. The Morgan fingerprint density at radius 2 is 1.91 bits per heavy atom.